The number of carbonyl (C=O) groups excluding carboxylic acids is 2. The first kappa shape index (κ1) is 19.8. The molecule has 1 heterocycles. The zero-order chi connectivity index (χ0) is 20.1. The summed E-state index contributed by atoms with van der Waals surface area (Å²) in [7, 11) is 0. The molecule has 0 aliphatic carbocycles. The predicted octanol–water partition coefficient (Wildman–Crippen LogP) is 4.28. The number of aliphatic imine (C=N–C) groups is 1. The van der Waals surface area contributed by atoms with E-state index in [1.54, 1.807) is 6.08 Å². The molecule has 3 rings (SSSR count). The quantitative estimate of drug-likeness (QED) is 0.740. The summed E-state index contributed by atoms with van der Waals surface area (Å²) in [5, 5.41) is 2.67. The highest BCUT2D eigenvalue weighted by atomic mass is 32.2. The molecule has 1 atom stereocenters. The van der Waals surface area contributed by atoms with Gasteiger partial charge in [-0.25, -0.2) is 9.38 Å². The van der Waals surface area contributed by atoms with Crippen LogP contribution in [0.25, 0.3) is 0 Å². The molecule has 1 N–H and O–H groups in total. The van der Waals surface area contributed by atoms with E-state index in [-0.39, 0.29) is 24.1 Å². The van der Waals surface area contributed by atoms with E-state index < -0.39 is 5.25 Å². The van der Waals surface area contributed by atoms with Crippen LogP contribution in [0.15, 0.2) is 66.2 Å². The van der Waals surface area contributed by atoms with Gasteiger partial charge in [0.05, 0.1) is 5.69 Å². The van der Waals surface area contributed by atoms with Crippen LogP contribution in [-0.4, -0.2) is 33.7 Å². The van der Waals surface area contributed by atoms with Gasteiger partial charge in [-0.2, -0.15) is 0 Å². The highest BCUT2D eigenvalue weighted by Crippen LogP contribution is 2.32. The second-order valence-electron chi connectivity index (χ2n) is 6.34. The van der Waals surface area contributed by atoms with Crippen molar-refractivity contribution in [2.45, 2.75) is 18.6 Å². The third-order valence-corrected chi connectivity index (χ3v) is 5.23. The maximum atomic E-state index is 13.0. The molecule has 7 heteroatoms. The standard InChI is InChI=1S/C21H20FN3O2S/c1-3-11-25-20(27)18(13-19(26)23-16-9-7-15(22)8-10-16)28-21(25)24-17-6-4-5-14(2)12-17/h3-10,12,18H,1,11,13H2,2H3,(H,23,26). The van der Waals surface area contributed by atoms with Gasteiger partial charge in [0.25, 0.3) is 0 Å². The van der Waals surface area contributed by atoms with E-state index in [0.717, 1.165) is 11.3 Å². The second-order valence-corrected chi connectivity index (χ2v) is 7.51. The summed E-state index contributed by atoms with van der Waals surface area (Å²) >= 11 is 1.27. The summed E-state index contributed by atoms with van der Waals surface area (Å²) in [6, 6.07) is 13.2. The van der Waals surface area contributed by atoms with E-state index in [1.807, 2.05) is 31.2 Å². The third kappa shape index (κ3) is 4.86. The van der Waals surface area contributed by atoms with Crippen LogP contribution in [0.4, 0.5) is 15.8 Å². The van der Waals surface area contributed by atoms with E-state index in [2.05, 4.69) is 16.9 Å². The number of anilines is 1. The van der Waals surface area contributed by atoms with Gasteiger partial charge in [0, 0.05) is 18.7 Å². The summed E-state index contributed by atoms with van der Waals surface area (Å²) in [5.41, 5.74) is 2.31. The molecule has 0 saturated carbocycles. The fraction of sp³-hybridized carbons (Fsp3) is 0.190. The maximum Gasteiger partial charge on any atom is 0.242 e. The molecule has 1 aliphatic rings. The van der Waals surface area contributed by atoms with E-state index in [1.165, 1.54) is 40.9 Å². The Balaban J connectivity index is 1.73. The number of halogens is 1. The van der Waals surface area contributed by atoms with Gasteiger partial charge in [0.1, 0.15) is 11.1 Å². The van der Waals surface area contributed by atoms with Crippen molar-refractivity contribution in [3.63, 3.8) is 0 Å². The van der Waals surface area contributed by atoms with E-state index in [4.69, 9.17) is 0 Å². The summed E-state index contributed by atoms with van der Waals surface area (Å²) in [6.45, 7) is 5.99. The summed E-state index contributed by atoms with van der Waals surface area (Å²) in [6.07, 6.45) is 1.63. The average Bonchev–Trinajstić information content (AvgIpc) is 2.93. The lowest BCUT2D eigenvalue weighted by atomic mass is 10.2. The van der Waals surface area contributed by atoms with Crippen LogP contribution in [0.3, 0.4) is 0 Å². The monoisotopic (exact) mass is 397 g/mol. The van der Waals surface area contributed by atoms with Gasteiger partial charge in [-0.1, -0.05) is 30.0 Å². The predicted molar refractivity (Wildman–Crippen MR) is 111 cm³/mol. The topological polar surface area (TPSA) is 61.8 Å². The fourth-order valence-corrected chi connectivity index (χ4v) is 3.91. The highest BCUT2D eigenvalue weighted by Gasteiger charge is 2.38. The van der Waals surface area contributed by atoms with Gasteiger partial charge in [-0.05, 0) is 48.9 Å². The number of benzene rings is 2. The molecule has 1 saturated heterocycles. The Morgan fingerprint density at radius 2 is 2.07 bits per heavy atom. The van der Waals surface area contributed by atoms with E-state index >= 15 is 0 Å². The van der Waals surface area contributed by atoms with Crippen LogP contribution in [0, 0.1) is 12.7 Å². The number of rotatable bonds is 6. The van der Waals surface area contributed by atoms with Crippen molar-refractivity contribution < 1.29 is 14.0 Å². The molecular formula is C21H20FN3O2S. The lowest BCUT2D eigenvalue weighted by Gasteiger charge is -2.14. The largest absolute Gasteiger partial charge is 0.326 e. The number of amidine groups is 1. The number of thioether (sulfide) groups is 1. The van der Waals surface area contributed by atoms with Crippen molar-refractivity contribution in [2.24, 2.45) is 4.99 Å². The van der Waals surface area contributed by atoms with Gasteiger partial charge >= 0.3 is 0 Å². The number of carbonyl (C=O) groups is 2. The van der Waals surface area contributed by atoms with Crippen LogP contribution in [0.5, 0.6) is 0 Å². The minimum absolute atomic E-state index is 0.00135. The molecule has 0 radical (unpaired) electrons. The SMILES string of the molecule is C=CCN1C(=O)C(CC(=O)Nc2ccc(F)cc2)SC1=Nc1cccc(C)c1. The minimum atomic E-state index is -0.566. The first-order valence-electron chi connectivity index (χ1n) is 8.76. The molecule has 1 aliphatic heterocycles. The van der Waals surface area contributed by atoms with Gasteiger partial charge in [0.2, 0.25) is 11.8 Å². The third-order valence-electron chi connectivity index (χ3n) is 4.06. The Labute approximate surface area is 167 Å². The zero-order valence-corrected chi connectivity index (χ0v) is 16.2. The minimum Gasteiger partial charge on any atom is -0.326 e. The Kier molecular flexibility index (Phi) is 6.26. The van der Waals surface area contributed by atoms with Gasteiger partial charge < -0.3 is 5.32 Å². The molecule has 1 unspecified atom stereocenters. The number of nitrogens with one attached hydrogen (secondary N) is 1. The van der Waals surface area contributed by atoms with Gasteiger partial charge in [-0.15, -0.1) is 6.58 Å². The number of nitrogens with zero attached hydrogens (tertiary/aromatic N) is 2. The molecule has 1 fully saturated rings. The smallest absolute Gasteiger partial charge is 0.242 e. The molecule has 5 nitrogen and oxygen atoms in total. The number of hydrogen-bond acceptors (Lipinski definition) is 4. The lowest BCUT2D eigenvalue weighted by molar-refractivity contribution is -0.127. The molecule has 2 aromatic carbocycles. The number of aryl methyl sites for hydroxylation is 1. The van der Waals surface area contributed by atoms with Gasteiger partial charge in [0.15, 0.2) is 5.17 Å². The van der Waals surface area contributed by atoms with Crippen LogP contribution in [0.1, 0.15) is 12.0 Å². The van der Waals surface area contributed by atoms with E-state index in [9.17, 15) is 14.0 Å². The van der Waals surface area contributed by atoms with E-state index in [0.29, 0.717) is 17.4 Å². The van der Waals surface area contributed by atoms with Crippen LogP contribution in [0.2, 0.25) is 0 Å². The molecule has 2 aromatic rings. The number of amides is 2. The molecule has 0 aromatic heterocycles. The Bertz CT molecular complexity index is 928. The zero-order valence-electron chi connectivity index (χ0n) is 15.4. The van der Waals surface area contributed by atoms with Crippen LogP contribution in [-0.2, 0) is 9.59 Å². The van der Waals surface area contributed by atoms with Crippen molar-refractivity contribution in [3.8, 4) is 0 Å². The van der Waals surface area contributed by atoms with Crippen molar-refractivity contribution in [1.82, 2.24) is 4.90 Å². The molecule has 144 valence electrons. The lowest BCUT2D eigenvalue weighted by Crippen LogP contribution is -2.33. The molecule has 28 heavy (non-hydrogen) atoms. The van der Waals surface area contributed by atoms with Crippen LogP contribution < -0.4 is 5.32 Å². The van der Waals surface area contributed by atoms with Crippen molar-refractivity contribution >= 4 is 40.1 Å². The summed E-state index contributed by atoms with van der Waals surface area (Å²) in [4.78, 5) is 31.2. The van der Waals surface area contributed by atoms with Crippen molar-refractivity contribution in [2.75, 3.05) is 11.9 Å². The highest BCUT2D eigenvalue weighted by molar-refractivity contribution is 8.15. The Morgan fingerprint density at radius 3 is 2.75 bits per heavy atom. The Morgan fingerprint density at radius 1 is 1.32 bits per heavy atom. The first-order chi connectivity index (χ1) is 13.5. The summed E-state index contributed by atoms with van der Waals surface area (Å²) in [5.74, 6) is -0.866. The molecule has 2 amide bonds. The van der Waals surface area contributed by atoms with Gasteiger partial charge in [-0.3, -0.25) is 14.5 Å². The fourth-order valence-electron chi connectivity index (χ4n) is 2.74. The Hall–Kier alpha value is -2.93. The molecule has 0 bridgehead atoms. The number of hydrogen-bond donors (Lipinski definition) is 1. The maximum absolute atomic E-state index is 13.0. The molecular weight excluding hydrogens is 377 g/mol. The second kappa shape index (κ2) is 8.84. The normalized spacial score (nSPS) is 17.8. The summed E-state index contributed by atoms with van der Waals surface area (Å²) < 4.78 is 13.0. The first-order valence-corrected chi connectivity index (χ1v) is 9.64. The van der Waals surface area contributed by atoms with Crippen LogP contribution >= 0.6 is 11.8 Å². The average molecular weight is 397 g/mol. The van der Waals surface area contributed by atoms with Crippen molar-refractivity contribution in [1.29, 1.82) is 0 Å². The van der Waals surface area contributed by atoms with Crippen molar-refractivity contribution in [3.05, 3.63) is 72.6 Å². The molecule has 0 spiro atoms.